The third-order valence-corrected chi connectivity index (χ3v) is 11.9. The van der Waals surface area contributed by atoms with Crippen molar-refractivity contribution in [2.45, 2.75) is 19.3 Å². The molecule has 8 aromatic carbocycles. The molecule has 0 fully saturated rings. The molecule has 0 saturated carbocycles. The standard InChI is InChI=1S/C55H38N3O2.Pt/c1-55(2,40-20-7-4-8-21-40)41-31-38(30-39(32-41)52-51-45-33-36-18-9-10-19-37(36)34-50(45)60-49(51)28-29-56-52)43-24-15-26-47-53(43)57-54(44-23-12-14-27-48(44)59)58(47)46-25-13-11-22-42(46)35-16-5-3-6-17-35;/h3-29,31-34,59H,1-2H3;/q-1;. The summed E-state index contributed by atoms with van der Waals surface area (Å²) in [5, 5.41) is 15.6. The molecule has 296 valence electrons. The minimum Gasteiger partial charge on any atom is -0.507 e. The summed E-state index contributed by atoms with van der Waals surface area (Å²) in [5.41, 5.74) is 12.4. The molecular formula is C55H38N3O2Pt-. The van der Waals surface area contributed by atoms with Gasteiger partial charge in [0.2, 0.25) is 0 Å². The molecule has 11 aromatic rings. The predicted molar refractivity (Wildman–Crippen MR) is 244 cm³/mol. The zero-order valence-electron chi connectivity index (χ0n) is 33.4. The number of aromatic nitrogens is 3. The summed E-state index contributed by atoms with van der Waals surface area (Å²) in [7, 11) is 0. The Labute approximate surface area is 367 Å². The molecular weight excluding hydrogens is 930 g/mol. The van der Waals surface area contributed by atoms with E-state index in [1.165, 1.54) is 5.56 Å². The molecule has 6 heteroatoms. The van der Waals surface area contributed by atoms with Crippen LogP contribution >= 0.6 is 0 Å². The zero-order chi connectivity index (χ0) is 40.4. The van der Waals surface area contributed by atoms with Crippen LogP contribution in [0.15, 0.2) is 193 Å². The summed E-state index contributed by atoms with van der Waals surface area (Å²) in [6, 6.07) is 66.2. The Morgan fingerprint density at radius 1 is 0.590 bits per heavy atom. The van der Waals surface area contributed by atoms with E-state index >= 15 is 0 Å². The number of para-hydroxylation sites is 3. The van der Waals surface area contributed by atoms with Crippen molar-refractivity contribution >= 4 is 43.7 Å². The summed E-state index contributed by atoms with van der Waals surface area (Å²) < 4.78 is 8.71. The number of benzene rings is 8. The second kappa shape index (κ2) is 15.2. The van der Waals surface area contributed by atoms with Crippen molar-refractivity contribution in [1.29, 1.82) is 0 Å². The molecule has 61 heavy (non-hydrogen) atoms. The maximum Gasteiger partial charge on any atom is 0.148 e. The largest absolute Gasteiger partial charge is 0.507 e. The predicted octanol–water partition coefficient (Wildman–Crippen LogP) is 14.0. The minimum atomic E-state index is -0.384. The second-order valence-electron chi connectivity index (χ2n) is 15.9. The van der Waals surface area contributed by atoms with Crippen molar-refractivity contribution < 1.29 is 30.6 Å². The first-order valence-corrected chi connectivity index (χ1v) is 20.2. The van der Waals surface area contributed by atoms with Crippen LogP contribution in [0.1, 0.15) is 25.0 Å². The number of furan rings is 1. The number of hydrogen-bond donors (Lipinski definition) is 1. The Morgan fingerprint density at radius 2 is 1.25 bits per heavy atom. The molecule has 0 spiro atoms. The van der Waals surface area contributed by atoms with Gasteiger partial charge in [0.15, 0.2) is 0 Å². The first-order valence-electron chi connectivity index (χ1n) is 20.2. The molecule has 0 atom stereocenters. The van der Waals surface area contributed by atoms with Gasteiger partial charge in [-0.2, -0.15) is 0 Å². The van der Waals surface area contributed by atoms with Crippen LogP contribution in [0.3, 0.4) is 0 Å². The zero-order valence-corrected chi connectivity index (χ0v) is 35.7. The molecule has 0 aliphatic carbocycles. The average molecular weight is 968 g/mol. The Bertz CT molecular complexity index is 3420. The topological polar surface area (TPSA) is 64.1 Å². The van der Waals surface area contributed by atoms with Gasteiger partial charge in [0.25, 0.3) is 0 Å². The number of aromatic hydroxyl groups is 1. The third kappa shape index (κ3) is 6.45. The first-order chi connectivity index (χ1) is 29.4. The van der Waals surface area contributed by atoms with Crippen molar-refractivity contribution in [3.05, 3.63) is 205 Å². The van der Waals surface area contributed by atoms with Crippen LogP contribution < -0.4 is 0 Å². The van der Waals surface area contributed by atoms with Gasteiger partial charge in [-0.3, -0.25) is 9.55 Å². The van der Waals surface area contributed by atoms with E-state index in [4.69, 9.17) is 14.4 Å². The molecule has 1 N–H and O–H groups in total. The number of rotatable bonds is 7. The van der Waals surface area contributed by atoms with Crippen molar-refractivity contribution in [3.8, 4) is 56.3 Å². The van der Waals surface area contributed by atoms with Crippen molar-refractivity contribution in [2.75, 3.05) is 0 Å². The van der Waals surface area contributed by atoms with Gasteiger partial charge in [-0.1, -0.05) is 152 Å². The normalized spacial score (nSPS) is 11.7. The molecule has 0 bridgehead atoms. The van der Waals surface area contributed by atoms with Gasteiger partial charge >= 0.3 is 0 Å². The first kappa shape index (κ1) is 38.2. The van der Waals surface area contributed by atoms with E-state index in [-0.39, 0.29) is 32.2 Å². The Hall–Kier alpha value is -7.07. The summed E-state index contributed by atoms with van der Waals surface area (Å²) in [6.45, 7) is 4.54. The number of phenolic OH excluding ortho intramolecular Hbond substituents is 1. The van der Waals surface area contributed by atoms with E-state index in [1.807, 2.05) is 36.5 Å². The van der Waals surface area contributed by atoms with Crippen LogP contribution in [0.4, 0.5) is 0 Å². The smallest absolute Gasteiger partial charge is 0.148 e. The van der Waals surface area contributed by atoms with E-state index in [0.717, 1.165) is 88.5 Å². The number of hydrogen-bond acceptors (Lipinski definition) is 4. The molecule has 0 saturated heterocycles. The van der Waals surface area contributed by atoms with Crippen LogP contribution in [0.2, 0.25) is 0 Å². The minimum absolute atomic E-state index is 0. The molecule has 0 radical (unpaired) electrons. The number of fused-ring (bicyclic) bond motifs is 5. The Morgan fingerprint density at radius 3 is 2.03 bits per heavy atom. The quantitative estimate of drug-likeness (QED) is 0.162. The van der Waals surface area contributed by atoms with Crippen LogP contribution in [0.5, 0.6) is 5.75 Å². The molecule has 0 aliphatic heterocycles. The van der Waals surface area contributed by atoms with E-state index in [0.29, 0.717) is 11.4 Å². The van der Waals surface area contributed by atoms with Gasteiger partial charge in [-0.15, -0.1) is 29.3 Å². The number of phenols is 1. The Kier molecular flexibility index (Phi) is 9.50. The SMILES string of the molecule is CC(C)(c1ccccc1)c1cc(-c2cccc3c2nc(-c2ccccc2O)n3-c2ccccc2-c2ccccc2)[c-]c(-c2nccc3oc4cc5ccccc5cc4c23)c1.[Pt]. The molecule has 0 unspecified atom stereocenters. The van der Waals surface area contributed by atoms with Crippen LogP contribution in [0.25, 0.3) is 94.3 Å². The van der Waals surface area contributed by atoms with Gasteiger partial charge in [0, 0.05) is 54.7 Å². The van der Waals surface area contributed by atoms with E-state index in [1.54, 1.807) is 6.07 Å². The van der Waals surface area contributed by atoms with Gasteiger partial charge < -0.3 is 9.52 Å². The van der Waals surface area contributed by atoms with Crippen molar-refractivity contribution in [1.82, 2.24) is 14.5 Å². The number of imidazole rings is 1. The molecule has 5 nitrogen and oxygen atoms in total. The fraction of sp³-hybridized carbons (Fsp3) is 0.0545. The van der Waals surface area contributed by atoms with Crippen LogP contribution in [0, 0.1) is 6.07 Å². The average Bonchev–Trinajstić information content (AvgIpc) is 3.87. The van der Waals surface area contributed by atoms with E-state index in [9.17, 15) is 5.11 Å². The van der Waals surface area contributed by atoms with Gasteiger partial charge in [0.1, 0.15) is 22.7 Å². The van der Waals surface area contributed by atoms with E-state index in [2.05, 4.69) is 170 Å². The monoisotopic (exact) mass is 967 g/mol. The summed E-state index contributed by atoms with van der Waals surface area (Å²) in [4.78, 5) is 10.5. The van der Waals surface area contributed by atoms with Gasteiger partial charge in [0.05, 0.1) is 22.3 Å². The van der Waals surface area contributed by atoms with Gasteiger partial charge in [-0.25, -0.2) is 4.98 Å². The van der Waals surface area contributed by atoms with Crippen LogP contribution in [-0.4, -0.2) is 19.6 Å². The molecule has 0 amide bonds. The maximum atomic E-state index is 11.4. The molecule has 0 aliphatic rings. The van der Waals surface area contributed by atoms with Crippen molar-refractivity contribution in [2.24, 2.45) is 0 Å². The fourth-order valence-electron chi connectivity index (χ4n) is 8.77. The summed E-state index contributed by atoms with van der Waals surface area (Å²) in [5.74, 6) is 0.802. The molecule has 11 rings (SSSR count). The maximum absolute atomic E-state index is 11.4. The van der Waals surface area contributed by atoms with E-state index < -0.39 is 0 Å². The fourth-order valence-corrected chi connectivity index (χ4v) is 8.77. The summed E-state index contributed by atoms with van der Waals surface area (Å²) >= 11 is 0. The van der Waals surface area contributed by atoms with Crippen molar-refractivity contribution in [3.63, 3.8) is 0 Å². The number of pyridine rings is 1. The second-order valence-corrected chi connectivity index (χ2v) is 15.9. The Balaban J connectivity index is 0.00000445. The van der Waals surface area contributed by atoms with Crippen LogP contribution in [-0.2, 0) is 26.5 Å². The van der Waals surface area contributed by atoms with Gasteiger partial charge in [-0.05, 0) is 64.4 Å². The third-order valence-electron chi connectivity index (χ3n) is 11.9. The molecule has 3 aromatic heterocycles. The number of nitrogens with zero attached hydrogens (tertiary/aromatic N) is 3. The molecule has 3 heterocycles. The summed E-state index contributed by atoms with van der Waals surface area (Å²) in [6.07, 6.45) is 1.83.